The maximum Gasteiger partial charge on any atom is 0.0291 e. The molecule has 0 saturated heterocycles. The van der Waals surface area contributed by atoms with Crippen LogP contribution in [0.5, 0.6) is 0 Å². The second kappa shape index (κ2) is 8.58. The molecule has 0 bridgehead atoms. The van der Waals surface area contributed by atoms with Crippen LogP contribution in [0.15, 0.2) is 24.3 Å². The lowest BCUT2D eigenvalue weighted by Crippen LogP contribution is -2.31. The van der Waals surface area contributed by atoms with Crippen LogP contribution < -0.4 is 5.32 Å². The topological polar surface area (TPSA) is 12.0 Å². The fourth-order valence-electron chi connectivity index (χ4n) is 3.09. The molecule has 0 aliphatic heterocycles. The third-order valence-corrected chi connectivity index (χ3v) is 4.50. The Hall–Kier alpha value is -0.820. The molecule has 0 aliphatic carbocycles. The number of nitrogens with one attached hydrogen (secondary N) is 1. The molecule has 1 unspecified atom stereocenters. The van der Waals surface area contributed by atoms with Crippen molar-refractivity contribution < 1.29 is 0 Å². The predicted molar refractivity (Wildman–Crippen MR) is 94.6 cm³/mol. The van der Waals surface area contributed by atoms with Crippen molar-refractivity contribution in [3.8, 4) is 0 Å². The van der Waals surface area contributed by atoms with E-state index >= 15 is 0 Å². The predicted octanol–water partition coefficient (Wildman–Crippen LogP) is 5.46. The first-order valence-electron chi connectivity index (χ1n) is 8.63. The first-order valence-corrected chi connectivity index (χ1v) is 8.63. The van der Waals surface area contributed by atoms with Gasteiger partial charge in [-0.15, -0.1) is 0 Å². The van der Waals surface area contributed by atoms with Gasteiger partial charge in [0.25, 0.3) is 0 Å². The molecule has 1 heteroatoms. The van der Waals surface area contributed by atoms with E-state index in [4.69, 9.17) is 0 Å². The summed E-state index contributed by atoms with van der Waals surface area (Å²) in [6, 6.07) is 9.58. The van der Waals surface area contributed by atoms with Crippen molar-refractivity contribution in [2.24, 2.45) is 23.7 Å². The molecule has 0 saturated carbocycles. The summed E-state index contributed by atoms with van der Waals surface area (Å²) in [7, 11) is 0. The molecule has 0 spiro atoms. The van der Waals surface area contributed by atoms with Gasteiger partial charge < -0.3 is 5.32 Å². The number of hydrogen-bond donors (Lipinski definition) is 1. The molecule has 1 N–H and O–H groups in total. The Labute approximate surface area is 132 Å². The van der Waals surface area contributed by atoms with Crippen molar-refractivity contribution >= 4 is 0 Å². The Morgan fingerprint density at radius 1 is 0.810 bits per heavy atom. The van der Waals surface area contributed by atoms with E-state index in [-0.39, 0.29) is 0 Å². The third kappa shape index (κ3) is 6.22. The number of benzene rings is 1. The molecule has 0 fully saturated rings. The van der Waals surface area contributed by atoms with E-state index < -0.39 is 0 Å². The molecule has 1 rings (SSSR count). The van der Waals surface area contributed by atoms with E-state index in [0.29, 0.717) is 6.04 Å². The van der Waals surface area contributed by atoms with Crippen LogP contribution in [0.25, 0.3) is 0 Å². The Morgan fingerprint density at radius 2 is 1.33 bits per heavy atom. The minimum absolute atomic E-state index is 0.429. The highest BCUT2D eigenvalue weighted by Crippen LogP contribution is 2.21. The normalized spacial score (nSPS) is 13.7. The van der Waals surface area contributed by atoms with Crippen molar-refractivity contribution in [3.05, 3.63) is 35.4 Å². The van der Waals surface area contributed by atoms with E-state index in [1.807, 2.05) is 0 Å². The minimum Gasteiger partial charge on any atom is -0.310 e. The molecule has 0 aromatic heterocycles. The monoisotopic (exact) mass is 289 g/mol. The molecule has 1 atom stereocenters. The van der Waals surface area contributed by atoms with Crippen LogP contribution in [0, 0.1) is 23.7 Å². The van der Waals surface area contributed by atoms with Crippen molar-refractivity contribution in [3.63, 3.8) is 0 Å². The van der Waals surface area contributed by atoms with E-state index in [1.54, 1.807) is 0 Å². The summed E-state index contributed by atoms with van der Waals surface area (Å²) in [6.07, 6.45) is 1.17. The van der Waals surface area contributed by atoms with Gasteiger partial charge in [-0.05, 0) is 54.7 Å². The van der Waals surface area contributed by atoms with Crippen LogP contribution >= 0.6 is 0 Å². The summed E-state index contributed by atoms with van der Waals surface area (Å²) in [5, 5.41) is 3.72. The first-order chi connectivity index (χ1) is 9.81. The molecule has 0 heterocycles. The standard InChI is InChI=1S/C20H35N/c1-14(2)12-18-8-10-19(11-9-18)17(7)21-13-20(15(3)4)16(5)6/h8-11,14-17,20-21H,12-13H2,1-7H3. The zero-order valence-electron chi connectivity index (χ0n) is 15.1. The Morgan fingerprint density at radius 3 is 1.76 bits per heavy atom. The summed E-state index contributed by atoms with van der Waals surface area (Å²) in [4.78, 5) is 0. The van der Waals surface area contributed by atoms with Gasteiger partial charge in [-0.3, -0.25) is 0 Å². The highest BCUT2D eigenvalue weighted by Gasteiger charge is 2.18. The SMILES string of the molecule is CC(C)Cc1ccc(C(C)NCC(C(C)C)C(C)C)cc1. The van der Waals surface area contributed by atoms with Crippen molar-refractivity contribution in [2.45, 2.75) is 60.9 Å². The van der Waals surface area contributed by atoms with Gasteiger partial charge in [0.15, 0.2) is 0 Å². The maximum absolute atomic E-state index is 3.72. The first kappa shape index (κ1) is 18.2. The van der Waals surface area contributed by atoms with Crippen molar-refractivity contribution in [1.82, 2.24) is 5.32 Å². The molecule has 120 valence electrons. The van der Waals surface area contributed by atoms with Gasteiger partial charge >= 0.3 is 0 Å². The average Bonchev–Trinajstić information content (AvgIpc) is 2.38. The summed E-state index contributed by atoms with van der Waals surface area (Å²) < 4.78 is 0. The maximum atomic E-state index is 3.72. The van der Waals surface area contributed by atoms with Crippen molar-refractivity contribution in [2.75, 3.05) is 6.54 Å². The molecule has 0 radical (unpaired) electrons. The number of rotatable bonds is 8. The Bertz CT molecular complexity index is 381. The zero-order valence-corrected chi connectivity index (χ0v) is 15.1. The fraction of sp³-hybridized carbons (Fsp3) is 0.700. The van der Waals surface area contributed by atoms with Gasteiger partial charge in [-0.1, -0.05) is 65.8 Å². The smallest absolute Gasteiger partial charge is 0.0291 e. The second-order valence-corrected chi connectivity index (χ2v) is 7.62. The van der Waals surface area contributed by atoms with E-state index in [9.17, 15) is 0 Å². The lowest BCUT2D eigenvalue weighted by molar-refractivity contribution is 0.268. The lowest BCUT2D eigenvalue weighted by atomic mass is 9.85. The van der Waals surface area contributed by atoms with Crippen LogP contribution in [-0.2, 0) is 6.42 Å². The van der Waals surface area contributed by atoms with E-state index in [2.05, 4.69) is 78.0 Å². The molecule has 1 aromatic carbocycles. The molecule has 21 heavy (non-hydrogen) atoms. The van der Waals surface area contributed by atoms with E-state index in [0.717, 1.165) is 30.2 Å². The van der Waals surface area contributed by atoms with Crippen LogP contribution in [0.1, 0.15) is 65.6 Å². The average molecular weight is 290 g/mol. The summed E-state index contributed by atoms with van der Waals surface area (Å²) >= 11 is 0. The van der Waals surface area contributed by atoms with Gasteiger partial charge in [0.05, 0.1) is 0 Å². The molecular formula is C20H35N. The second-order valence-electron chi connectivity index (χ2n) is 7.62. The summed E-state index contributed by atoms with van der Waals surface area (Å²) in [5.41, 5.74) is 2.84. The quantitative estimate of drug-likeness (QED) is 0.669. The van der Waals surface area contributed by atoms with Crippen molar-refractivity contribution in [1.29, 1.82) is 0 Å². The molecule has 0 amide bonds. The molecule has 1 nitrogen and oxygen atoms in total. The molecule has 1 aromatic rings. The van der Waals surface area contributed by atoms with Gasteiger partial charge in [0.1, 0.15) is 0 Å². The van der Waals surface area contributed by atoms with Gasteiger partial charge in [-0.2, -0.15) is 0 Å². The van der Waals surface area contributed by atoms with E-state index in [1.165, 1.54) is 17.5 Å². The van der Waals surface area contributed by atoms with Crippen LogP contribution in [0.3, 0.4) is 0 Å². The lowest BCUT2D eigenvalue weighted by Gasteiger charge is -2.27. The zero-order chi connectivity index (χ0) is 16.0. The molecular weight excluding hydrogens is 254 g/mol. The largest absolute Gasteiger partial charge is 0.310 e. The fourth-order valence-corrected chi connectivity index (χ4v) is 3.09. The van der Waals surface area contributed by atoms with Crippen LogP contribution in [0.4, 0.5) is 0 Å². The van der Waals surface area contributed by atoms with Crippen LogP contribution in [0.2, 0.25) is 0 Å². The molecule has 0 aliphatic rings. The Kier molecular flexibility index (Phi) is 7.45. The Balaban J connectivity index is 2.57. The highest BCUT2D eigenvalue weighted by molar-refractivity contribution is 5.25. The minimum atomic E-state index is 0.429. The summed E-state index contributed by atoms with van der Waals surface area (Å²) in [6.45, 7) is 17.2. The number of hydrogen-bond acceptors (Lipinski definition) is 1. The van der Waals surface area contributed by atoms with Gasteiger partial charge in [0.2, 0.25) is 0 Å². The highest BCUT2D eigenvalue weighted by atomic mass is 14.9. The van der Waals surface area contributed by atoms with Gasteiger partial charge in [0, 0.05) is 6.04 Å². The summed E-state index contributed by atoms with van der Waals surface area (Å²) in [5.74, 6) is 2.94. The van der Waals surface area contributed by atoms with Gasteiger partial charge in [-0.25, -0.2) is 0 Å². The van der Waals surface area contributed by atoms with Crippen LogP contribution in [-0.4, -0.2) is 6.54 Å². The third-order valence-electron chi connectivity index (χ3n) is 4.50.